The lowest BCUT2D eigenvalue weighted by molar-refractivity contribution is 0.122. The van der Waals surface area contributed by atoms with Gasteiger partial charge in [0.15, 0.2) is 0 Å². The third-order valence-corrected chi connectivity index (χ3v) is 4.16. The quantitative estimate of drug-likeness (QED) is 0.889. The molecule has 2 heterocycles. The maximum atomic E-state index is 5.41. The molecule has 20 heavy (non-hydrogen) atoms. The number of benzene rings is 1. The molecule has 0 spiro atoms. The van der Waals surface area contributed by atoms with Crippen molar-refractivity contribution in [2.45, 2.75) is 19.4 Å². The van der Waals surface area contributed by atoms with Gasteiger partial charge in [-0.2, -0.15) is 0 Å². The van der Waals surface area contributed by atoms with Crippen molar-refractivity contribution in [2.24, 2.45) is 0 Å². The van der Waals surface area contributed by atoms with Crippen LogP contribution in [-0.2, 0) is 4.74 Å². The molecule has 0 unspecified atom stereocenters. The predicted molar refractivity (Wildman–Crippen MR) is 83.8 cm³/mol. The van der Waals surface area contributed by atoms with Crippen molar-refractivity contribution in [3.05, 3.63) is 24.3 Å². The Morgan fingerprint density at radius 2 is 1.55 bits per heavy atom. The molecule has 2 aliphatic rings. The second kappa shape index (κ2) is 5.62. The van der Waals surface area contributed by atoms with Crippen molar-refractivity contribution < 1.29 is 4.74 Å². The lowest BCUT2D eigenvalue weighted by atomic mass is 10.0. The van der Waals surface area contributed by atoms with Gasteiger partial charge in [0, 0.05) is 49.6 Å². The number of nitrogens with zero attached hydrogens (tertiary/aromatic N) is 2. The number of hydrogen-bond acceptors (Lipinski definition) is 4. The first-order valence-electron chi connectivity index (χ1n) is 7.57. The van der Waals surface area contributed by atoms with E-state index in [1.807, 2.05) is 0 Å². The van der Waals surface area contributed by atoms with Gasteiger partial charge in [-0.05, 0) is 38.1 Å². The van der Waals surface area contributed by atoms with E-state index >= 15 is 0 Å². The summed E-state index contributed by atoms with van der Waals surface area (Å²) in [6, 6.07) is 9.00. The van der Waals surface area contributed by atoms with Crippen molar-refractivity contribution in [3.8, 4) is 0 Å². The van der Waals surface area contributed by atoms with Gasteiger partial charge in [-0.3, -0.25) is 0 Å². The van der Waals surface area contributed by atoms with Crippen LogP contribution < -0.4 is 15.1 Å². The van der Waals surface area contributed by atoms with E-state index in [0.717, 1.165) is 45.9 Å². The minimum Gasteiger partial charge on any atom is -0.378 e. The molecule has 0 aliphatic carbocycles. The van der Waals surface area contributed by atoms with Crippen LogP contribution in [0.2, 0.25) is 0 Å². The molecule has 0 bridgehead atoms. The lowest BCUT2D eigenvalue weighted by Crippen LogP contribution is -2.57. The Hall–Kier alpha value is -1.26. The highest BCUT2D eigenvalue weighted by molar-refractivity contribution is 5.57. The van der Waals surface area contributed by atoms with Gasteiger partial charge in [-0.1, -0.05) is 0 Å². The molecule has 110 valence electrons. The second-order valence-corrected chi connectivity index (χ2v) is 6.35. The van der Waals surface area contributed by atoms with Gasteiger partial charge in [-0.25, -0.2) is 0 Å². The molecule has 1 aromatic carbocycles. The van der Waals surface area contributed by atoms with Crippen LogP contribution in [0.5, 0.6) is 0 Å². The molecule has 0 aromatic heterocycles. The number of ether oxygens (including phenoxy) is 1. The summed E-state index contributed by atoms with van der Waals surface area (Å²) < 4.78 is 5.41. The van der Waals surface area contributed by atoms with E-state index in [-0.39, 0.29) is 5.54 Å². The maximum Gasteiger partial charge on any atom is 0.0642 e. The Bertz CT molecular complexity index is 438. The summed E-state index contributed by atoms with van der Waals surface area (Å²) >= 11 is 0. The molecule has 1 aromatic rings. The molecule has 3 rings (SSSR count). The summed E-state index contributed by atoms with van der Waals surface area (Å²) in [4.78, 5) is 4.87. The van der Waals surface area contributed by atoms with E-state index in [9.17, 15) is 0 Å². The Kier molecular flexibility index (Phi) is 3.85. The normalized spacial score (nSPS) is 22.9. The Morgan fingerprint density at radius 3 is 2.15 bits per heavy atom. The number of piperazine rings is 1. The molecule has 0 amide bonds. The smallest absolute Gasteiger partial charge is 0.0642 e. The summed E-state index contributed by atoms with van der Waals surface area (Å²) in [5, 5.41) is 3.56. The average molecular weight is 275 g/mol. The molecule has 0 atom stereocenters. The lowest BCUT2D eigenvalue weighted by Gasteiger charge is -2.40. The van der Waals surface area contributed by atoms with Gasteiger partial charge in [0.2, 0.25) is 0 Å². The zero-order valence-corrected chi connectivity index (χ0v) is 12.6. The summed E-state index contributed by atoms with van der Waals surface area (Å²) in [5.41, 5.74) is 2.84. The summed E-state index contributed by atoms with van der Waals surface area (Å²) in [5.74, 6) is 0. The first-order valence-corrected chi connectivity index (χ1v) is 7.57. The van der Waals surface area contributed by atoms with E-state index in [2.05, 4.69) is 53.2 Å². The summed E-state index contributed by atoms with van der Waals surface area (Å²) in [7, 11) is 0. The van der Waals surface area contributed by atoms with Gasteiger partial charge < -0.3 is 19.9 Å². The molecule has 0 radical (unpaired) electrons. The van der Waals surface area contributed by atoms with E-state index < -0.39 is 0 Å². The zero-order chi connectivity index (χ0) is 14.0. The number of anilines is 2. The highest BCUT2D eigenvalue weighted by Crippen LogP contribution is 2.24. The topological polar surface area (TPSA) is 27.7 Å². The van der Waals surface area contributed by atoms with Crippen LogP contribution in [0.1, 0.15) is 13.8 Å². The van der Waals surface area contributed by atoms with Crippen LogP contribution in [0.25, 0.3) is 0 Å². The van der Waals surface area contributed by atoms with Crippen molar-refractivity contribution in [1.29, 1.82) is 0 Å². The van der Waals surface area contributed by atoms with Gasteiger partial charge in [0.25, 0.3) is 0 Å². The van der Waals surface area contributed by atoms with Crippen molar-refractivity contribution in [2.75, 3.05) is 55.7 Å². The monoisotopic (exact) mass is 275 g/mol. The Labute approximate surface area is 121 Å². The first-order chi connectivity index (χ1) is 9.64. The van der Waals surface area contributed by atoms with E-state index in [0.29, 0.717) is 0 Å². The van der Waals surface area contributed by atoms with E-state index in [1.54, 1.807) is 0 Å². The number of morpholine rings is 1. The number of nitrogens with one attached hydrogen (secondary N) is 1. The van der Waals surface area contributed by atoms with Crippen LogP contribution in [0.15, 0.2) is 24.3 Å². The maximum absolute atomic E-state index is 5.41. The van der Waals surface area contributed by atoms with Gasteiger partial charge >= 0.3 is 0 Å². The molecule has 4 nitrogen and oxygen atoms in total. The molecule has 4 heteroatoms. The molecule has 2 saturated heterocycles. The van der Waals surface area contributed by atoms with Crippen LogP contribution in [0.3, 0.4) is 0 Å². The fourth-order valence-electron chi connectivity index (χ4n) is 3.06. The SMILES string of the molecule is CC1(C)CN(c2ccc(N3CCOCC3)cc2)CCN1. The Balaban J connectivity index is 1.69. The third-order valence-electron chi connectivity index (χ3n) is 4.16. The van der Waals surface area contributed by atoms with Crippen molar-refractivity contribution >= 4 is 11.4 Å². The minimum atomic E-state index is 0.196. The fourth-order valence-corrected chi connectivity index (χ4v) is 3.06. The highest BCUT2D eigenvalue weighted by atomic mass is 16.5. The third kappa shape index (κ3) is 3.07. The van der Waals surface area contributed by atoms with E-state index in [1.165, 1.54) is 11.4 Å². The number of hydrogen-bond donors (Lipinski definition) is 1. The van der Waals surface area contributed by atoms with Crippen LogP contribution in [0, 0.1) is 0 Å². The molecule has 2 aliphatic heterocycles. The molecule has 1 N–H and O–H groups in total. The molecule has 0 saturated carbocycles. The summed E-state index contributed by atoms with van der Waals surface area (Å²) in [6.45, 7) is 11.4. The first kappa shape index (κ1) is 13.7. The van der Waals surface area contributed by atoms with Crippen LogP contribution in [-0.4, -0.2) is 51.5 Å². The van der Waals surface area contributed by atoms with Crippen molar-refractivity contribution in [3.63, 3.8) is 0 Å². The average Bonchev–Trinajstić information content (AvgIpc) is 2.47. The zero-order valence-electron chi connectivity index (χ0n) is 12.6. The van der Waals surface area contributed by atoms with Crippen molar-refractivity contribution in [1.82, 2.24) is 5.32 Å². The van der Waals surface area contributed by atoms with Crippen LogP contribution >= 0.6 is 0 Å². The minimum absolute atomic E-state index is 0.196. The van der Waals surface area contributed by atoms with E-state index in [4.69, 9.17) is 4.74 Å². The Morgan fingerprint density at radius 1 is 0.950 bits per heavy atom. The standard InChI is InChI=1S/C16H25N3O/c1-16(2)13-19(8-7-17-16)15-5-3-14(4-6-15)18-9-11-20-12-10-18/h3-6,17H,7-13H2,1-2H3. The number of rotatable bonds is 2. The largest absolute Gasteiger partial charge is 0.378 e. The molecular weight excluding hydrogens is 250 g/mol. The van der Waals surface area contributed by atoms with Gasteiger partial charge in [0.05, 0.1) is 13.2 Å². The van der Waals surface area contributed by atoms with Gasteiger partial charge in [-0.15, -0.1) is 0 Å². The molecular formula is C16H25N3O. The van der Waals surface area contributed by atoms with Gasteiger partial charge in [0.1, 0.15) is 0 Å². The predicted octanol–water partition coefficient (Wildman–Crippen LogP) is 1.71. The second-order valence-electron chi connectivity index (χ2n) is 6.35. The summed E-state index contributed by atoms with van der Waals surface area (Å²) in [6.07, 6.45) is 0. The highest BCUT2D eigenvalue weighted by Gasteiger charge is 2.25. The fraction of sp³-hybridized carbons (Fsp3) is 0.625. The van der Waals surface area contributed by atoms with Crippen LogP contribution in [0.4, 0.5) is 11.4 Å². The molecule has 2 fully saturated rings.